The van der Waals surface area contributed by atoms with Crippen molar-refractivity contribution in [1.82, 2.24) is 5.06 Å². The first kappa shape index (κ1) is 24.7. The van der Waals surface area contributed by atoms with Crippen molar-refractivity contribution < 1.29 is 28.7 Å². The van der Waals surface area contributed by atoms with Crippen LogP contribution in [0, 0.1) is 0 Å². The van der Waals surface area contributed by atoms with Gasteiger partial charge in [-0.3, -0.25) is 14.2 Å². The molecular formula is C20H24Cl2NO6P. The summed E-state index contributed by atoms with van der Waals surface area (Å²) in [6, 6.07) is 11.6. The smallest absolute Gasteiger partial charge is 0.333 e. The standard InChI is InChI=1S/C20H24Cl2NO6P/c1-13(15-4-7-17(28-3)8-5-15)29-23(14(2)24)11-10-20(30(25,26)27)16-6-9-18(21)19(22)12-16/h4-9,12-13,20H,10-11H2,1-3H3,(H2,25,26,27). The zero-order valence-corrected chi connectivity index (χ0v) is 19.2. The maximum Gasteiger partial charge on any atom is 0.333 e. The Kier molecular flexibility index (Phi) is 8.73. The van der Waals surface area contributed by atoms with Crippen LogP contribution >= 0.6 is 30.8 Å². The summed E-state index contributed by atoms with van der Waals surface area (Å²) in [5.74, 6) is 0.314. The number of nitrogens with zero attached hydrogens (tertiary/aromatic N) is 1. The van der Waals surface area contributed by atoms with Gasteiger partial charge in [0.15, 0.2) is 0 Å². The number of methoxy groups -OCH3 is 1. The number of rotatable bonds is 9. The summed E-state index contributed by atoms with van der Waals surface area (Å²) in [4.78, 5) is 37.5. The summed E-state index contributed by atoms with van der Waals surface area (Å²) in [7, 11) is -2.96. The van der Waals surface area contributed by atoms with E-state index in [9.17, 15) is 19.1 Å². The van der Waals surface area contributed by atoms with Gasteiger partial charge in [-0.25, -0.2) is 5.06 Å². The van der Waals surface area contributed by atoms with Gasteiger partial charge in [-0.2, -0.15) is 0 Å². The molecule has 0 bridgehead atoms. The molecule has 164 valence electrons. The lowest BCUT2D eigenvalue weighted by atomic mass is 10.1. The summed E-state index contributed by atoms with van der Waals surface area (Å²) in [6.45, 7) is 3.08. The second kappa shape index (κ2) is 10.6. The van der Waals surface area contributed by atoms with Gasteiger partial charge in [-0.1, -0.05) is 41.4 Å². The van der Waals surface area contributed by atoms with Gasteiger partial charge in [0.1, 0.15) is 11.9 Å². The van der Waals surface area contributed by atoms with Gasteiger partial charge < -0.3 is 14.5 Å². The Hall–Kier alpha value is -1.60. The van der Waals surface area contributed by atoms with Crippen LogP contribution in [0.4, 0.5) is 0 Å². The number of carbonyl (C=O) groups excluding carboxylic acids is 1. The van der Waals surface area contributed by atoms with Gasteiger partial charge in [0.25, 0.3) is 0 Å². The van der Waals surface area contributed by atoms with Crippen LogP contribution in [-0.4, -0.2) is 34.4 Å². The third-order valence-corrected chi connectivity index (χ3v) is 6.67. The summed E-state index contributed by atoms with van der Waals surface area (Å²) in [5.41, 5.74) is -0.00322. The van der Waals surface area contributed by atoms with E-state index < -0.39 is 19.4 Å². The van der Waals surface area contributed by atoms with Crippen LogP contribution < -0.4 is 4.74 Å². The molecule has 2 rings (SSSR count). The van der Waals surface area contributed by atoms with E-state index in [1.54, 1.807) is 26.2 Å². The third kappa shape index (κ3) is 6.71. The van der Waals surface area contributed by atoms with E-state index >= 15 is 0 Å². The number of hydroxylamine groups is 2. The molecule has 2 atom stereocenters. The first-order valence-electron chi connectivity index (χ1n) is 9.12. The Morgan fingerprint density at radius 1 is 1.10 bits per heavy atom. The van der Waals surface area contributed by atoms with Crippen LogP contribution in [0.2, 0.25) is 10.0 Å². The Bertz CT molecular complexity index is 918. The molecule has 10 heteroatoms. The first-order valence-corrected chi connectivity index (χ1v) is 11.6. The molecule has 0 aromatic heterocycles. The second-order valence-electron chi connectivity index (χ2n) is 6.71. The molecule has 0 aliphatic carbocycles. The van der Waals surface area contributed by atoms with Crippen LogP contribution in [0.15, 0.2) is 42.5 Å². The van der Waals surface area contributed by atoms with Crippen LogP contribution in [0.25, 0.3) is 0 Å². The molecule has 2 aromatic rings. The zero-order chi connectivity index (χ0) is 22.5. The monoisotopic (exact) mass is 475 g/mol. The lowest BCUT2D eigenvalue weighted by molar-refractivity contribution is -0.203. The molecule has 0 aliphatic rings. The number of ether oxygens (including phenoxy) is 1. The van der Waals surface area contributed by atoms with Crippen LogP contribution in [0.3, 0.4) is 0 Å². The predicted octanol–water partition coefficient (Wildman–Crippen LogP) is 5.15. The molecule has 1 amide bonds. The van der Waals surface area contributed by atoms with E-state index in [4.69, 9.17) is 32.8 Å². The molecule has 2 unspecified atom stereocenters. The van der Waals surface area contributed by atoms with Gasteiger partial charge in [0.05, 0.1) is 22.8 Å². The number of amides is 1. The van der Waals surface area contributed by atoms with E-state index in [-0.39, 0.29) is 28.9 Å². The second-order valence-corrected chi connectivity index (χ2v) is 9.32. The lowest BCUT2D eigenvalue weighted by Crippen LogP contribution is -2.32. The molecule has 30 heavy (non-hydrogen) atoms. The topological polar surface area (TPSA) is 96.3 Å². The largest absolute Gasteiger partial charge is 0.497 e. The maximum atomic E-state index is 12.1. The highest BCUT2D eigenvalue weighted by Gasteiger charge is 2.32. The van der Waals surface area contributed by atoms with Crippen molar-refractivity contribution >= 4 is 36.7 Å². The van der Waals surface area contributed by atoms with Crippen molar-refractivity contribution in [3.05, 3.63) is 63.6 Å². The molecule has 0 saturated carbocycles. The van der Waals surface area contributed by atoms with E-state index in [0.717, 1.165) is 10.6 Å². The van der Waals surface area contributed by atoms with Crippen LogP contribution in [-0.2, 0) is 14.2 Å². The molecule has 0 radical (unpaired) electrons. The van der Waals surface area contributed by atoms with E-state index in [0.29, 0.717) is 11.3 Å². The molecule has 0 saturated heterocycles. The number of carbonyl (C=O) groups is 1. The van der Waals surface area contributed by atoms with Crippen LogP contribution in [0.5, 0.6) is 5.75 Å². The number of halogens is 2. The summed E-state index contributed by atoms with van der Waals surface area (Å²) in [5, 5.41) is 1.59. The van der Waals surface area contributed by atoms with Crippen molar-refractivity contribution in [2.75, 3.05) is 13.7 Å². The van der Waals surface area contributed by atoms with Gasteiger partial charge in [-0.05, 0) is 48.7 Å². The molecule has 0 spiro atoms. The molecule has 0 aliphatic heterocycles. The molecule has 0 fully saturated rings. The fraction of sp³-hybridized carbons (Fsp3) is 0.350. The van der Waals surface area contributed by atoms with E-state index in [2.05, 4.69) is 0 Å². The third-order valence-electron chi connectivity index (χ3n) is 4.56. The zero-order valence-electron chi connectivity index (χ0n) is 16.8. The van der Waals surface area contributed by atoms with Crippen molar-refractivity contribution in [3.63, 3.8) is 0 Å². The highest BCUT2D eigenvalue weighted by molar-refractivity contribution is 7.52. The normalized spacial score (nSPS) is 13.6. The van der Waals surface area contributed by atoms with Gasteiger partial charge in [-0.15, -0.1) is 0 Å². The fourth-order valence-electron chi connectivity index (χ4n) is 2.90. The van der Waals surface area contributed by atoms with Crippen molar-refractivity contribution in [1.29, 1.82) is 0 Å². The average Bonchev–Trinajstić information content (AvgIpc) is 2.68. The summed E-state index contributed by atoms with van der Waals surface area (Å²) in [6.07, 6.45) is -0.491. The van der Waals surface area contributed by atoms with Gasteiger partial charge >= 0.3 is 7.60 Å². The molecule has 2 N–H and O–H groups in total. The minimum atomic E-state index is -4.53. The minimum Gasteiger partial charge on any atom is -0.497 e. The Morgan fingerprint density at radius 2 is 1.70 bits per heavy atom. The lowest BCUT2D eigenvalue weighted by Gasteiger charge is -2.27. The van der Waals surface area contributed by atoms with Crippen molar-refractivity contribution in [2.45, 2.75) is 32.0 Å². The van der Waals surface area contributed by atoms with Gasteiger partial charge in [0.2, 0.25) is 5.91 Å². The SMILES string of the molecule is COc1ccc(C(C)ON(CCC(c2ccc(Cl)c(Cl)c2)P(=O)(O)O)C(C)=O)cc1. The predicted molar refractivity (Wildman–Crippen MR) is 116 cm³/mol. The average molecular weight is 476 g/mol. The quantitative estimate of drug-likeness (QED) is 0.384. The van der Waals surface area contributed by atoms with Crippen LogP contribution in [0.1, 0.15) is 43.2 Å². The summed E-state index contributed by atoms with van der Waals surface area (Å²) >= 11 is 11.9. The maximum absolute atomic E-state index is 12.1. The molecule has 7 nitrogen and oxygen atoms in total. The fourth-order valence-corrected chi connectivity index (χ4v) is 4.21. The number of benzene rings is 2. The van der Waals surface area contributed by atoms with E-state index in [1.165, 1.54) is 25.1 Å². The van der Waals surface area contributed by atoms with Crippen molar-refractivity contribution in [2.24, 2.45) is 0 Å². The minimum absolute atomic E-state index is 0.0220. The number of hydrogen-bond acceptors (Lipinski definition) is 4. The molecule has 2 aromatic carbocycles. The van der Waals surface area contributed by atoms with Gasteiger partial charge in [0, 0.05) is 13.5 Å². The first-order chi connectivity index (χ1) is 14.0. The summed E-state index contributed by atoms with van der Waals surface area (Å²) < 4.78 is 17.2. The Morgan fingerprint density at radius 3 is 2.20 bits per heavy atom. The number of hydrogen-bond donors (Lipinski definition) is 2. The Balaban J connectivity index is 2.14. The highest BCUT2D eigenvalue weighted by Crippen LogP contribution is 2.54. The molecule has 0 heterocycles. The van der Waals surface area contributed by atoms with E-state index in [1.807, 2.05) is 12.1 Å². The Labute approximate surface area is 185 Å². The molecular weight excluding hydrogens is 452 g/mol. The van der Waals surface area contributed by atoms with Crippen molar-refractivity contribution in [3.8, 4) is 5.75 Å². The highest BCUT2D eigenvalue weighted by atomic mass is 35.5.